The van der Waals surface area contributed by atoms with Gasteiger partial charge in [0, 0.05) is 23.5 Å². The van der Waals surface area contributed by atoms with Crippen molar-refractivity contribution >= 4 is 11.9 Å². The first-order valence-corrected chi connectivity index (χ1v) is 5.41. The molecule has 0 fully saturated rings. The van der Waals surface area contributed by atoms with E-state index in [2.05, 4.69) is 18.5 Å². The van der Waals surface area contributed by atoms with Gasteiger partial charge in [-0.15, -0.1) is 13.2 Å². The number of hydrogen-bond donors (Lipinski definition) is 2. The highest BCUT2D eigenvalue weighted by molar-refractivity contribution is 5.85. The van der Waals surface area contributed by atoms with Gasteiger partial charge in [-0.05, 0) is 18.9 Å². The fourth-order valence-corrected chi connectivity index (χ4v) is 1.50. The van der Waals surface area contributed by atoms with E-state index in [9.17, 15) is 0 Å². The van der Waals surface area contributed by atoms with Crippen LogP contribution < -0.4 is 5.32 Å². The summed E-state index contributed by atoms with van der Waals surface area (Å²) >= 11 is 0. The zero-order chi connectivity index (χ0) is 11.8. The Morgan fingerprint density at radius 2 is 2.06 bits per heavy atom. The summed E-state index contributed by atoms with van der Waals surface area (Å²) in [6.07, 6.45) is 7.08. The van der Waals surface area contributed by atoms with Crippen LogP contribution in [0.4, 0.5) is 5.69 Å². The lowest BCUT2D eigenvalue weighted by Gasteiger charge is -2.16. The first kappa shape index (κ1) is 12.2. The van der Waals surface area contributed by atoms with E-state index in [1.807, 2.05) is 36.4 Å². The van der Waals surface area contributed by atoms with Crippen LogP contribution in [-0.4, -0.2) is 12.3 Å². The van der Waals surface area contributed by atoms with Crippen LogP contribution in [0.25, 0.3) is 0 Å². The number of benzene rings is 1. The molecule has 2 nitrogen and oxygen atoms in total. The van der Waals surface area contributed by atoms with E-state index in [-0.39, 0.29) is 6.04 Å². The van der Waals surface area contributed by atoms with E-state index in [1.54, 1.807) is 0 Å². The molecule has 1 aromatic rings. The second-order valence-electron chi connectivity index (χ2n) is 3.58. The zero-order valence-electron chi connectivity index (χ0n) is 9.45. The summed E-state index contributed by atoms with van der Waals surface area (Å²) in [5.41, 5.74) is 1.87. The summed E-state index contributed by atoms with van der Waals surface area (Å²) in [5.74, 6) is 0. The highest BCUT2D eigenvalue weighted by Crippen LogP contribution is 2.15. The molecule has 0 saturated carbocycles. The van der Waals surface area contributed by atoms with Gasteiger partial charge < -0.3 is 10.7 Å². The van der Waals surface area contributed by atoms with Crippen molar-refractivity contribution in [2.75, 3.05) is 5.32 Å². The quantitative estimate of drug-likeness (QED) is 0.528. The van der Waals surface area contributed by atoms with Crippen molar-refractivity contribution in [2.24, 2.45) is 0 Å². The molecular weight excluding hydrogens is 196 g/mol. The van der Waals surface area contributed by atoms with Crippen molar-refractivity contribution in [1.82, 2.24) is 0 Å². The summed E-state index contributed by atoms with van der Waals surface area (Å²) in [6, 6.07) is 8.01. The molecule has 1 aromatic carbocycles. The Bertz CT molecular complexity index is 369. The molecule has 2 heteroatoms. The molecule has 1 unspecified atom stereocenters. The maximum atomic E-state index is 7.32. The number of para-hydroxylation sites is 1. The largest absolute Gasteiger partial charge is 0.378 e. The molecule has 0 radical (unpaired) electrons. The van der Waals surface area contributed by atoms with Gasteiger partial charge >= 0.3 is 0 Å². The average molecular weight is 214 g/mol. The van der Waals surface area contributed by atoms with Gasteiger partial charge in [-0.2, -0.15) is 0 Å². The summed E-state index contributed by atoms with van der Waals surface area (Å²) < 4.78 is 0. The van der Waals surface area contributed by atoms with Crippen molar-refractivity contribution in [3.05, 3.63) is 55.1 Å². The van der Waals surface area contributed by atoms with E-state index in [4.69, 9.17) is 5.41 Å². The van der Waals surface area contributed by atoms with Gasteiger partial charge in [0.25, 0.3) is 0 Å². The predicted molar refractivity (Wildman–Crippen MR) is 71.4 cm³/mol. The molecule has 2 N–H and O–H groups in total. The third-order valence-electron chi connectivity index (χ3n) is 2.42. The van der Waals surface area contributed by atoms with E-state index < -0.39 is 0 Å². The molecule has 1 rings (SSSR count). The lowest BCUT2D eigenvalue weighted by atomic mass is 10.1. The predicted octanol–water partition coefficient (Wildman–Crippen LogP) is 3.62. The van der Waals surface area contributed by atoms with Gasteiger partial charge in [0.2, 0.25) is 0 Å². The van der Waals surface area contributed by atoms with Gasteiger partial charge in [-0.25, -0.2) is 0 Å². The van der Waals surface area contributed by atoms with Gasteiger partial charge in [0.1, 0.15) is 0 Å². The monoisotopic (exact) mass is 214 g/mol. The second kappa shape index (κ2) is 6.62. The van der Waals surface area contributed by atoms with E-state index in [1.165, 1.54) is 6.21 Å². The van der Waals surface area contributed by atoms with Crippen LogP contribution in [-0.2, 0) is 0 Å². The van der Waals surface area contributed by atoms with Crippen LogP contribution in [0.1, 0.15) is 18.4 Å². The van der Waals surface area contributed by atoms with Gasteiger partial charge in [0.15, 0.2) is 0 Å². The summed E-state index contributed by atoms with van der Waals surface area (Å²) in [6.45, 7) is 7.52. The van der Waals surface area contributed by atoms with Crippen LogP contribution in [0.2, 0.25) is 0 Å². The van der Waals surface area contributed by atoms with Crippen molar-refractivity contribution in [1.29, 1.82) is 5.41 Å². The fraction of sp³-hybridized carbons (Fsp3) is 0.214. The van der Waals surface area contributed by atoms with Crippen LogP contribution in [0.5, 0.6) is 0 Å². The highest BCUT2D eigenvalue weighted by Gasteiger charge is 2.05. The minimum Gasteiger partial charge on any atom is -0.378 e. The molecule has 16 heavy (non-hydrogen) atoms. The van der Waals surface area contributed by atoms with E-state index in [0.29, 0.717) is 0 Å². The third-order valence-corrected chi connectivity index (χ3v) is 2.42. The number of allylic oxidation sites excluding steroid dienone is 1. The molecule has 84 valence electrons. The normalized spacial score (nSPS) is 11.5. The molecule has 0 amide bonds. The van der Waals surface area contributed by atoms with Crippen molar-refractivity contribution < 1.29 is 0 Å². The number of rotatable bonds is 7. The molecule has 0 bridgehead atoms. The van der Waals surface area contributed by atoms with Crippen LogP contribution in [0.3, 0.4) is 0 Å². The maximum absolute atomic E-state index is 7.32. The van der Waals surface area contributed by atoms with E-state index in [0.717, 1.165) is 24.1 Å². The number of anilines is 1. The summed E-state index contributed by atoms with van der Waals surface area (Å²) in [4.78, 5) is 0. The highest BCUT2D eigenvalue weighted by atomic mass is 14.9. The van der Waals surface area contributed by atoms with Crippen molar-refractivity contribution in [3.63, 3.8) is 0 Å². The first-order chi connectivity index (χ1) is 7.81. The maximum Gasteiger partial charge on any atom is 0.0444 e. The minimum absolute atomic E-state index is 0.221. The molecule has 0 spiro atoms. The lowest BCUT2D eigenvalue weighted by Crippen LogP contribution is -2.17. The molecule has 0 heterocycles. The second-order valence-corrected chi connectivity index (χ2v) is 3.58. The van der Waals surface area contributed by atoms with Gasteiger partial charge in [0.05, 0.1) is 0 Å². The standard InChI is InChI=1S/C14H18N2/c1-3-5-9-13(4-2)16-14-10-7-6-8-12(14)11-15/h3-4,6-8,10-11,13,15-16H,1-2,5,9H2. The van der Waals surface area contributed by atoms with Crippen LogP contribution >= 0.6 is 0 Å². The molecule has 0 aromatic heterocycles. The first-order valence-electron chi connectivity index (χ1n) is 5.41. The lowest BCUT2D eigenvalue weighted by molar-refractivity contribution is 0.777. The number of hydrogen-bond acceptors (Lipinski definition) is 2. The Labute approximate surface area is 97.2 Å². The minimum atomic E-state index is 0.221. The van der Waals surface area contributed by atoms with Crippen molar-refractivity contribution in [2.45, 2.75) is 18.9 Å². The topological polar surface area (TPSA) is 35.9 Å². The smallest absolute Gasteiger partial charge is 0.0444 e. The van der Waals surface area contributed by atoms with E-state index >= 15 is 0 Å². The molecule has 0 aliphatic heterocycles. The SMILES string of the molecule is C=CCCC(C=C)Nc1ccccc1C=N. The average Bonchev–Trinajstić information content (AvgIpc) is 2.34. The Hall–Kier alpha value is -1.83. The summed E-state index contributed by atoms with van der Waals surface area (Å²) in [5, 5.41) is 10.7. The Morgan fingerprint density at radius 3 is 2.69 bits per heavy atom. The van der Waals surface area contributed by atoms with Crippen LogP contribution in [0.15, 0.2) is 49.6 Å². The zero-order valence-corrected chi connectivity index (χ0v) is 9.45. The molecule has 1 atom stereocenters. The Kier molecular flexibility index (Phi) is 5.06. The molecular formula is C14H18N2. The molecule has 0 aliphatic carbocycles. The van der Waals surface area contributed by atoms with Gasteiger partial charge in [-0.1, -0.05) is 30.4 Å². The molecule has 0 aliphatic rings. The Balaban J connectivity index is 2.72. The summed E-state index contributed by atoms with van der Waals surface area (Å²) in [7, 11) is 0. The van der Waals surface area contributed by atoms with Gasteiger partial charge in [-0.3, -0.25) is 0 Å². The third kappa shape index (κ3) is 3.39. The molecule has 0 saturated heterocycles. The Morgan fingerprint density at radius 1 is 1.31 bits per heavy atom. The van der Waals surface area contributed by atoms with Crippen molar-refractivity contribution in [3.8, 4) is 0 Å². The van der Waals surface area contributed by atoms with Crippen LogP contribution in [0, 0.1) is 5.41 Å². The number of nitrogens with one attached hydrogen (secondary N) is 2. The fourth-order valence-electron chi connectivity index (χ4n) is 1.50.